The van der Waals surface area contributed by atoms with E-state index in [9.17, 15) is 10.1 Å². The third kappa shape index (κ3) is 2.10. The summed E-state index contributed by atoms with van der Waals surface area (Å²) in [5.74, 6) is 1.06. The third-order valence-electron chi connectivity index (χ3n) is 5.18. The predicted octanol–water partition coefficient (Wildman–Crippen LogP) is 2.37. The lowest BCUT2D eigenvalue weighted by Gasteiger charge is -2.53. The normalized spacial score (nSPS) is 30.3. The molecule has 0 amide bonds. The van der Waals surface area contributed by atoms with Gasteiger partial charge in [0.25, 0.3) is 0 Å². The molecule has 0 bridgehead atoms. The van der Waals surface area contributed by atoms with Gasteiger partial charge >= 0.3 is 0 Å². The summed E-state index contributed by atoms with van der Waals surface area (Å²) in [7, 11) is 0. The summed E-state index contributed by atoms with van der Waals surface area (Å²) in [4.78, 5) is 23.2. The zero-order chi connectivity index (χ0) is 16.0. The standard InChI is InChI=1S/C17H20N4O/c1-16(2)13-4-7-21(14-10-19-5-6-20-14)11-17(13,3)8-12(9-18)15(16)22/h5-6,8,10,13H,4,7,11H2,1-3H3/t13-,17+/m1/s1. The molecule has 3 rings (SSSR count). The van der Waals surface area contributed by atoms with Crippen LogP contribution in [-0.4, -0.2) is 28.8 Å². The van der Waals surface area contributed by atoms with Crippen molar-refractivity contribution in [1.82, 2.24) is 9.97 Å². The highest BCUT2D eigenvalue weighted by atomic mass is 16.1. The molecule has 1 aliphatic carbocycles. The van der Waals surface area contributed by atoms with Crippen LogP contribution in [0.4, 0.5) is 5.82 Å². The number of nitriles is 1. The van der Waals surface area contributed by atoms with Crippen LogP contribution < -0.4 is 4.90 Å². The van der Waals surface area contributed by atoms with Crippen LogP contribution in [0.2, 0.25) is 0 Å². The number of anilines is 1. The monoisotopic (exact) mass is 296 g/mol. The summed E-state index contributed by atoms with van der Waals surface area (Å²) < 4.78 is 0. The maximum Gasteiger partial charge on any atom is 0.178 e. The number of nitrogens with zero attached hydrogens (tertiary/aromatic N) is 4. The molecule has 0 saturated carbocycles. The Hall–Kier alpha value is -2.22. The van der Waals surface area contributed by atoms with E-state index in [4.69, 9.17) is 0 Å². The first kappa shape index (κ1) is 14.7. The van der Waals surface area contributed by atoms with E-state index in [1.54, 1.807) is 18.6 Å². The van der Waals surface area contributed by atoms with Crippen LogP contribution in [0.15, 0.2) is 30.2 Å². The first-order valence-corrected chi connectivity index (χ1v) is 7.57. The third-order valence-corrected chi connectivity index (χ3v) is 5.18. The number of piperidine rings is 1. The van der Waals surface area contributed by atoms with Gasteiger partial charge in [0.15, 0.2) is 5.78 Å². The SMILES string of the molecule is CC1(C)C(=O)C(C#N)=C[C@@]2(C)CN(c3cnccn3)CC[C@H]12. The van der Waals surface area contributed by atoms with Crippen LogP contribution in [0.5, 0.6) is 0 Å². The number of fused-ring (bicyclic) bond motifs is 1. The summed E-state index contributed by atoms with van der Waals surface area (Å²) >= 11 is 0. The highest BCUT2D eigenvalue weighted by Crippen LogP contribution is 2.52. The predicted molar refractivity (Wildman–Crippen MR) is 82.9 cm³/mol. The highest BCUT2D eigenvalue weighted by molar-refractivity contribution is 6.04. The van der Waals surface area contributed by atoms with Crippen molar-refractivity contribution in [1.29, 1.82) is 5.26 Å². The van der Waals surface area contributed by atoms with Crippen molar-refractivity contribution in [3.63, 3.8) is 0 Å². The molecule has 0 aromatic carbocycles. The van der Waals surface area contributed by atoms with Gasteiger partial charge in [-0.15, -0.1) is 0 Å². The lowest BCUT2D eigenvalue weighted by Crippen LogP contribution is -2.56. The van der Waals surface area contributed by atoms with Gasteiger partial charge in [-0.2, -0.15) is 5.26 Å². The molecule has 0 N–H and O–H groups in total. The van der Waals surface area contributed by atoms with Crippen molar-refractivity contribution in [2.24, 2.45) is 16.7 Å². The molecule has 1 aromatic rings. The molecular formula is C17H20N4O. The second-order valence-electron chi connectivity index (χ2n) is 7.05. The summed E-state index contributed by atoms with van der Waals surface area (Å²) in [5, 5.41) is 9.31. The number of hydrogen-bond donors (Lipinski definition) is 0. The van der Waals surface area contributed by atoms with Gasteiger partial charge in [0.05, 0.1) is 11.8 Å². The van der Waals surface area contributed by atoms with Gasteiger partial charge in [-0.1, -0.05) is 26.8 Å². The maximum absolute atomic E-state index is 12.5. The largest absolute Gasteiger partial charge is 0.354 e. The quantitative estimate of drug-likeness (QED) is 0.795. The number of ketones is 1. The van der Waals surface area contributed by atoms with Crippen molar-refractivity contribution in [2.75, 3.05) is 18.0 Å². The van der Waals surface area contributed by atoms with Crippen molar-refractivity contribution in [3.8, 4) is 6.07 Å². The van der Waals surface area contributed by atoms with E-state index in [1.807, 2.05) is 19.9 Å². The molecule has 2 heterocycles. The van der Waals surface area contributed by atoms with Gasteiger partial charge in [0, 0.05) is 36.3 Å². The summed E-state index contributed by atoms with van der Waals surface area (Å²) in [6, 6.07) is 2.09. The van der Waals surface area contributed by atoms with Crippen LogP contribution in [0.25, 0.3) is 0 Å². The number of aromatic nitrogens is 2. The number of Topliss-reactive ketones (excluding diaryl/α,β-unsaturated/α-hetero) is 1. The smallest absolute Gasteiger partial charge is 0.178 e. The highest BCUT2D eigenvalue weighted by Gasteiger charge is 2.53. The van der Waals surface area contributed by atoms with Crippen LogP contribution in [0.1, 0.15) is 27.2 Å². The second kappa shape index (κ2) is 4.91. The van der Waals surface area contributed by atoms with Gasteiger partial charge in [0.2, 0.25) is 0 Å². The maximum atomic E-state index is 12.5. The number of rotatable bonds is 1. The zero-order valence-corrected chi connectivity index (χ0v) is 13.2. The second-order valence-corrected chi connectivity index (χ2v) is 7.05. The number of hydrogen-bond acceptors (Lipinski definition) is 5. The summed E-state index contributed by atoms with van der Waals surface area (Å²) in [5.41, 5.74) is -0.411. The van der Waals surface area contributed by atoms with Crippen LogP contribution in [0, 0.1) is 28.1 Å². The Morgan fingerprint density at radius 1 is 1.36 bits per heavy atom. The Balaban J connectivity index is 1.99. The average molecular weight is 296 g/mol. The van der Waals surface area contributed by atoms with Crippen molar-refractivity contribution >= 4 is 11.6 Å². The van der Waals surface area contributed by atoms with E-state index in [-0.39, 0.29) is 17.1 Å². The van der Waals surface area contributed by atoms with Gasteiger partial charge in [-0.05, 0) is 12.3 Å². The van der Waals surface area contributed by atoms with Gasteiger partial charge < -0.3 is 4.90 Å². The zero-order valence-electron chi connectivity index (χ0n) is 13.2. The topological polar surface area (TPSA) is 69.9 Å². The molecule has 114 valence electrons. The first-order chi connectivity index (χ1) is 10.4. The molecule has 2 aliphatic rings. The van der Waals surface area contributed by atoms with Crippen LogP contribution in [-0.2, 0) is 4.79 Å². The minimum atomic E-state index is -0.497. The fraction of sp³-hybridized carbons (Fsp3) is 0.529. The Morgan fingerprint density at radius 2 is 2.14 bits per heavy atom. The Bertz CT molecular complexity index is 674. The van der Waals surface area contributed by atoms with Crippen LogP contribution >= 0.6 is 0 Å². The molecule has 0 spiro atoms. The molecule has 22 heavy (non-hydrogen) atoms. The minimum Gasteiger partial charge on any atom is -0.354 e. The Morgan fingerprint density at radius 3 is 2.77 bits per heavy atom. The Kier molecular flexibility index (Phi) is 3.28. The Labute approximate surface area is 130 Å². The van der Waals surface area contributed by atoms with E-state index in [0.717, 1.165) is 25.3 Å². The molecule has 5 heteroatoms. The van der Waals surface area contributed by atoms with E-state index >= 15 is 0 Å². The van der Waals surface area contributed by atoms with Crippen molar-refractivity contribution < 1.29 is 4.79 Å². The van der Waals surface area contributed by atoms with E-state index in [2.05, 4.69) is 27.9 Å². The van der Waals surface area contributed by atoms with E-state index < -0.39 is 5.41 Å². The van der Waals surface area contributed by atoms with E-state index in [1.165, 1.54) is 0 Å². The molecule has 1 aliphatic heterocycles. The summed E-state index contributed by atoms with van der Waals surface area (Å²) in [6.45, 7) is 7.69. The molecule has 2 atom stereocenters. The molecular weight excluding hydrogens is 276 g/mol. The lowest BCUT2D eigenvalue weighted by molar-refractivity contribution is -0.130. The first-order valence-electron chi connectivity index (χ1n) is 7.57. The fourth-order valence-electron chi connectivity index (χ4n) is 4.18. The minimum absolute atomic E-state index is 0.0228. The number of carbonyl (C=O) groups is 1. The average Bonchev–Trinajstić information content (AvgIpc) is 2.51. The summed E-state index contributed by atoms with van der Waals surface area (Å²) in [6.07, 6.45) is 7.90. The van der Waals surface area contributed by atoms with Gasteiger partial charge in [0.1, 0.15) is 11.9 Å². The van der Waals surface area contributed by atoms with Gasteiger partial charge in [-0.3, -0.25) is 9.78 Å². The van der Waals surface area contributed by atoms with Crippen molar-refractivity contribution in [3.05, 3.63) is 30.2 Å². The number of allylic oxidation sites excluding steroid dienone is 1. The molecule has 0 radical (unpaired) electrons. The molecule has 5 nitrogen and oxygen atoms in total. The molecule has 0 unspecified atom stereocenters. The fourth-order valence-corrected chi connectivity index (χ4v) is 4.18. The van der Waals surface area contributed by atoms with Crippen molar-refractivity contribution in [2.45, 2.75) is 27.2 Å². The van der Waals surface area contributed by atoms with Gasteiger partial charge in [-0.25, -0.2) is 4.98 Å². The molecule has 1 aromatic heterocycles. The van der Waals surface area contributed by atoms with Crippen LogP contribution in [0.3, 0.4) is 0 Å². The molecule has 1 fully saturated rings. The molecule has 1 saturated heterocycles. The number of carbonyl (C=O) groups excluding carboxylic acids is 1. The lowest BCUT2D eigenvalue weighted by atomic mass is 9.55. The van der Waals surface area contributed by atoms with E-state index in [0.29, 0.717) is 5.57 Å².